The van der Waals surface area contributed by atoms with Crippen molar-refractivity contribution in [2.75, 3.05) is 5.75 Å². The molecule has 0 fully saturated rings. The molecule has 0 rings (SSSR count). The van der Waals surface area contributed by atoms with E-state index >= 15 is 0 Å². The van der Waals surface area contributed by atoms with Crippen LogP contribution in [0.2, 0.25) is 0 Å². The maximum absolute atomic E-state index is 11.6. The van der Waals surface area contributed by atoms with E-state index in [1.807, 2.05) is 0 Å². The molecule has 0 saturated carbocycles. The minimum Gasteiger partial charge on any atom is -0.389 e. The van der Waals surface area contributed by atoms with Crippen LogP contribution in [0.5, 0.6) is 0 Å². The zero-order chi connectivity index (χ0) is 11.8. The summed E-state index contributed by atoms with van der Waals surface area (Å²) in [7, 11) is -3.55. The Morgan fingerprint density at radius 3 is 2.00 bits per heavy atom. The summed E-state index contributed by atoms with van der Waals surface area (Å²) in [5, 5.41) is 9.82. The van der Waals surface area contributed by atoms with E-state index < -0.39 is 24.5 Å². The molecule has 14 heavy (non-hydrogen) atoms. The van der Waals surface area contributed by atoms with Gasteiger partial charge in [0.15, 0.2) is 9.84 Å². The minimum atomic E-state index is -3.55. The van der Waals surface area contributed by atoms with Gasteiger partial charge in [-0.3, -0.25) is 0 Å². The number of alkyl halides is 2. The van der Waals surface area contributed by atoms with Gasteiger partial charge in [0.05, 0.1) is 5.75 Å². The fraction of sp³-hybridized carbons (Fsp3) is 1.00. The van der Waals surface area contributed by atoms with Crippen molar-refractivity contribution in [1.82, 2.24) is 0 Å². The van der Waals surface area contributed by atoms with Gasteiger partial charge in [-0.05, 0) is 21.3 Å². The summed E-state index contributed by atoms with van der Waals surface area (Å²) in [6, 6.07) is 0. The zero-order valence-electron chi connectivity index (χ0n) is 8.71. The lowest BCUT2D eigenvalue weighted by Crippen LogP contribution is -2.46. The predicted molar refractivity (Wildman–Crippen MR) is 62.4 cm³/mol. The number of hydrogen-bond acceptors (Lipinski definition) is 3. The highest BCUT2D eigenvalue weighted by Gasteiger charge is 2.49. The molecule has 0 radical (unpaired) electrons. The lowest BCUT2D eigenvalue weighted by Gasteiger charge is -2.34. The molecule has 0 amide bonds. The van der Waals surface area contributed by atoms with Crippen LogP contribution in [0.3, 0.4) is 0 Å². The molecular formula is C8H16BrClO3S. The van der Waals surface area contributed by atoms with Crippen LogP contribution >= 0.6 is 27.5 Å². The Balaban J connectivity index is 5.18. The molecule has 6 heteroatoms. The second-order valence-corrected chi connectivity index (χ2v) is 9.74. The van der Waals surface area contributed by atoms with Gasteiger partial charge in [-0.25, -0.2) is 8.42 Å². The highest BCUT2D eigenvalue weighted by molar-refractivity contribution is 9.12. The van der Waals surface area contributed by atoms with Crippen LogP contribution in [-0.4, -0.2) is 28.5 Å². The average Bonchev–Trinajstić information content (AvgIpc) is 2.01. The largest absolute Gasteiger partial charge is 0.389 e. The third kappa shape index (κ3) is 2.84. The molecule has 0 aliphatic rings. The van der Waals surface area contributed by atoms with Gasteiger partial charge < -0.3 is 5.11 Å². The maximum Gasteiger partial charge on any atom is 0.225 e. The summed E-state index contributed by atoms with van der Waals surface area (Å²) in [5.41, 5.74) is -0.604. The summed E-state index contributed by atoms with van der Waals surface area (Å²) in [6.07, 6.45) is -1.18. The Morgan fingerprint density at radius 1 is 1.43 bits per heavy atom. The molecule has 0 aliphatic carbocycles. The van der Waals surface area contributed by atoms with Crippen molar-refractivity contribution < 1.29 is 13.5 Å². The minimum absolute atomic E-state index is 0.116. The fourth-order valence-electron chi connectivity index (χ4n) is 0.867. The van der Waals surface area contributed by atoms with Gasteiger partial charge in [0.25, 0.3) is 0 Å². The highest BCUT2D eigenvalue weighted by Crippen LogP contribution is 2.41. The topological polar surface area (TPSA) is 54.4 Å². The molecule has 1 N–H and O–H groups in total. The van der Waals surface area contributed by atoms with Gasteiger partial charge in [0, 0.05) is 0 Å². The Kier molecular flexibility index (Phi) is 4.48. The molecule has 0 aromatic heterocycles. The van der Waals surface area contributed by atoms with E-state index in [9.17, 15) is 13.5 Å². The van der Waals surface area contributed by atoms with Gasteiger partial charge in [-0.2, -0.15) is 0 Å². The molecule has 0 spiro atoms. The van der Waals surface area contributed by atoms with E-state index in [0.29, 0.717) is 0 Å². The monoisotopic (exact) mass is 306 g/mol. The second-order valence-electron chi connectivity index (χ2n) is 4.23. The number of aliphatic hydroxyl groups excluding tert-OH is 1. The summed E-state index contributed by atoms with van der Waals surface area (Å²) >= 11 is 8.73. The number of aliphatic hydroxyl groups is 1. The van der Waals surface area contributed by atoms with Crippen molar-refractivity contribution >= 4 is 37.4 Å². The van der Waals surface area contributed by atoms with Gasteiger partial charge in [0.1, 0.15) is 6.10 Å². The number of halogens is 2. The normalized spacial score (nSPS) is 20.2. The van der Waals surface area contributed by atoms with Crippen LogP contribution in [0.4, 0.5) is 0 Å². The van der Waals surface area contributed by atoms with Crippen LogP contribution in [-0.2, 0) is 9.84 Å². The highest BCUT2D eigenvalue weighted by atomic mass is 79.9. The van der Waals surface area contributed by atoms with Gasteiger partial charge in [-0.15, -0.1) is 0 Å². The molecule has 0 heterocycles. The van der Waals surface area contributed by atoms with Crippen molar-refractivity contribution in [3.8, 4) is 0 Å². The molecule has 3 nitrogen and oxygen atoms in total. The number of sulfone groups is 1. The van der Waals surface area contributed by atoms with Gasteiger partial charge in [-0.1, -0.05) is 39.3 Å². The molecular weight excluding hydrogens is 292 g/mol. The third-order valence-corrected chi connectivity index (χ3v) is 6.57. The molecule has 0 aromatic carbocycles. The van der Waals surface area contributed by atoms with E-state index in [4.69, 9.17) is 11.6 Å². The summed E-state index contributed by atoms with van der Waals surface area (Å²) in [4.78, 5) is 0. The Morgan fingerprint density at radius 2 is 1.79 bits per heavy atom. The van der Waals surface area contributed by atoms with E-state index in [1.54, 1.807) is 20.8 Å². The van der Waals surface area contributed by atoms with Crippen LogP contribution in [0, 0.1) is 5.41 Å². The molecule has 2 atom stereocenters. The SMILES string of the molecule is CCS(=O)(=O)C(Cl)(Br)C(O)C(C)(C)C. The van der Waals surface area contributed by atoms with E-state index in [0.717, 1.165) is 0 Å². The standard InChI is InChI=1S/C8H16BrClO3S/c1-5-14(12,13)8(9,10)6(11)7(2,3)4/h6,11H,5H2,1-4H3. The molecule has 0 bridgehead atoms. The Labute approximate surface area is 98.9 Å². The maximum atomic E-state index is 11.6. The van der Waals surface area contributed by atoms with Crippen LogP contribution in [0.15, 0.2) is 0 Å². The van der Waals surface area contributed by atoms with Gasteiger partial charge in [0.2, 0.25) is 3.12 Å². The first kappa shape index (κ1) is 14.7. The fourth-order valence-corrected chi connectivity index (χ4v) is 3.97. The Bertz CT molecular complexity index is 292. The van der Waals surface area contributed by atoms with Crippen molar-refractivity contribution in [3.63, 3.8) is 0 Å². The van der Waals surface area contributed by atoms with Crippen LogP contribution < -0.4 is 0 Å². The number of hydrogen-bond donors (Lipinski definition) is 1. The van der Waals surface area contributed by atoms with E-state index in [1.165, 1.54) is 6.92 Å². The van der Waals surface area contributed by atoms with Crippen molar-refractivity contribution in [1.29, 1.82) is 0 Å². The first-order valence-electron chi connectivity index (χ1n) is 4.25. The zero-order valence-corrected chi connectivity index (χ0v) is 11.9. The molecule has 0 saturated heterocycles. The molecule has 2 unspecified atom stereocenters. The smallest absolute Gasteiger partial charge is 0.225 e. The van der Waals surface area contributed by atoms with Gasteiger partial charge >= 0.3 is 0 Å². The molecule has 86 valence electrons. The number of rotatable bonds is 3. The quantitative estimate of drug-likeness (QED) is 0.813. The summed E-state index contributed by atoms with van der Waals surface area (Å²) in [6.45, 7) is 6.66. The predicted octanol–water partition coefficient (Wildman–Crippen LogP) is 2.12. The average molecular weight is 308 g/mol. The van der Waals surface area contributed by atoms with Crippen molar-refractivity contribution in [2.24, 2.45) is 5.41 Å². The second kappa shape index (κ2) is 4.28. The lowest BCUT2D eigenvalue weighted by atomic mass is 9.90. The van der Waals surface area contributed by atoms with Crippen molar-refractivity contribution in [3.05, 3.63) is 0 Å². The summed E-state index contributed by atoms with van der Waals surface area (Å²) < 4.78 is 21.3. The lowest BCUT2D eigenvalue weighted by molar-refractivity contribution is 0.0692. The summed E-state index contributed by atoms with van der Waals surface area (Å²) in [5.74, 6) is -0.116. The first-order valence-corrected chi connectivity index (χ1v) is 7.07. The first-order chi connectivity index (χ1) is 5.97. The third-order valence-electron chi connectivity index (χ3n) is 1.93. The van der Waals surface area contributed by atoms with Crippen LogP contribution in [0.1, 0.15) is 27.7 Å². The Hall–Kier alpha value is 0.680. The molecule has 0 aliphatic heterocycles. The van der Waals surface area contributed by atoms with E-state index in [-0.39, 0.29) is 5.75 Å². The van der Waals surface area contributed by atoms with E-state index in [2.05, 4.69) is 15.9 Å². The van der Waals surface area contributed by atoms with Crippen LogP contribution in [0.25, 0.3) is 0 Å². The molecule has 0 aromatic rings. The van der Waals surface area contributed by atoms with Crippen molar-refractivity contribution in [2.45, 2.75) is 36.9 Å².